The molecule has 90 valence electrons. The molecular formula is C12H20N2O2. The van der Waals surface area contributed by atoms with E-state index in [9.17, 15) is 9.59 Å². The van der Waals surface area contributed by atoms with Crippen LogP contribution >= 0.6 is 0 Å². The Kier molecular flexibility index (Phi) is 3.73. The molecule has 0 saturated carbocycles. The van der Waals surface area contributed by atoms with Gasteiger partial charge in [0.15, 0.2) is 0 Å². The normalized spacial score (nSPS) is 11.1. The van der Waals surface area contributed by atoms with Crippen LogP contribution in [0.5, 0.6) is 0 Å². The average molecular weight is 224 g/mol. The Labute approximate surface area is 96.2 Å². The molecule has 0 N–H and O–H groups in total. The molecule has 0 heterocycles. The van der Waals surface area contributed by atoms with Crippen molar-refractivity contribution < 1.29 is 0 Å². The third-order valence-electron chi connectivity index (χ3n) is 2.73. The molecule has 0 amide bonds. The lowest BCUT2D eigenvalue weighted by molar-refractivity contribution is 0.584. The van der Waals surface area contributed by atoms with Crippen molar-refractivity contribution in [3.05, 3.63) is 20.4 Å². The summed E-state index contributed by atoms with van der Waals surface area (Å²) in [7, 11) is 5.44. The smallest absolute Gasteiger partial charge is 0.253 e. The molecule has 16 heavy (non-hydrogen) atoms. The van der Waals surface area contributed by atoms with Crippen LogP contribution in [0, 0.1) is 5.92 Å². The maximum atomic E-state index is 11.5. The first-order chi connectivity index (χ1) is 7.36. The van der Waals surface area contributed by atoms with Gasteiger partial charge in [0, 0.05) is 27.7 Å². The van der Waals surface area contributed by atoms with E-state index in [-0.39, 0.29) is 10.9 Å². The number of hydrogen-bond donors (Lipinski definition) is 0. The fourth-order valence-corrected chi connectivity index (χ4v) is 1.70. The van der Waals surface area contributed by atoms with E-state index >= 15 is 0 Å². The van der Waals surface area contributed by atoms with E-state index < -0.39 is 0 Å². The van der Waals surface area contributed by atoms with Crippen molar-refractivity contribution in [2.24, 2.45) is 5.92 Å². The zero-order chi connectivity index (χ0) is 12.5. The Bertz CT molecular complexity index is 428. The summed E-state index contributed by atoms with van der Waals surface area (Å²) < 4.78 is 0. The van der Waals surface area contributed by atoms with E-state index in [4.69, 9.17) is 0 Å². The second kappa shape index (κ2) is 4.68. The molecule has 0 aliphatic carbocycles. The molecule has 0 atom stereocenters. The second-order valence-corrected chi connectivity index (χ2v) is 4.85. The van der Waals surface area contributed by atoms with Gasteiger partial charge < -0.3 is 9.80 Å². The lowest BCUT2D eigenvalue weighted by Crippen LogP contribution is -2.43. The van der Waals surface area contributed by atoms with Crippen molar-refractivity contribution in [3.8, 4) is 0 Å². The number of anilines is 2. The van der Waals surface area contributed by atoms with Gasteiger partial charge in [-0.2, -0.15) is 0 Å². The Hall–Kier alpha value is -1.32. The van der Waals surface area contributed by atoms with E-state index in [1.807, 2.05) is 11.9 Å². The topological polar surface area (TPSA) is 40.6 Å². The molecule has 1 aromatic rings. The van der Waals surface area contributed by atoms with Crippen LogP contribution in [0.4, 0.5) is 11.4 Å². The van der Waals surface area contributed by atoms with E-state index in [1.54, 1.807) is 19.0 Å². The van der Waals surface area contributed by atoms with Gasteiger partial charge in [-0.1, -0.05) is 13.8 Å². The molecule has 0 aliphatic rings. The first-order valence-corrected chi connectivity index (χ1v) is 5.58. The highest BCUT2D eigenvalue weighted by molar-refractivity contribution is 5.75. The molecular weight excluding hydrogens is 204 g/mol. The maximum absolute atomic E-state index is 11.5. The van der Waals surface area contributed by atoms with Gasteiger partial charge >= 0.3 is 0 Å². The molecule has 1 aromatic carbocycles. The summed E-state index contributed by atoms with van der Waals surface area (Å²) >= 11 is 0. The van der Waals surface area contributed by atoms with E-state index in [0.29, 0.717) is 17.3 Å². The van der Waals surface area contributed by atoms with Gasteiger partial charge in [-0.3, -0.25) is 9.59 Å². The Morgan fingerprint density at radius 1 is 1.00 bits per heavy atom. The summed E-state index contributed by atoms with van der Waals surface area (Å²) in [5, 5.41) is 0. The average Bonchev–Trinajstić information content (AvgIpc) is 2.20. The number of nitrogens with zero attached hydrogens (tertiary/aromatic N) is 2. The SMILES string of the molecule is CC(C)CCN(C)c1c(N(C)C)c(=O)c1=O. The Morgan fingerprint density at radius 3 is 1.94 bits per heavy atom. The van der Waals surface area contributed by atoms with Gasteiger partial charge in [0.1, 0.15) is 11.4 Å². The summed E-state index contributed by atoms with van der Waals surface area (Å²) in [5.41, 5.74) is 0.387. The van der Waals surface area contributed by atoms with Gasteiger partial charge in [-0.25, -0.2) is 0 Å². The minimum atomic E-state index is -0.364. The molecule has 1 rings (SSSR count). The minimum absolute atomic E-state index is 0.352. The summed E-state index contributed by atoms with van der Waals surface area (Å²) in [6, 6.07) is 0. The van der Waals surface area contributed by atoms with Gasteiger partial charge in [0.25, 0.3) is 10.9 Å². The van der Waals surface area contributed by atoms with Crippen molar-refractivity contribution in [2.45, 2.75) is 20.3 Å². The third kappa shape index (κ3) is 2.26. The molecule has 4 nitrogen and oxygen atoms in total. The fourth-order valence-electron chi connectivity index (χ4n) is 1.70. The van der Waals surface area contributed by atoms with Crippen molar-refractivity contribution in [2.75, 3.05) is 37.5 Å². The van der Waals surface area contributed by atoms with Crippen LogP contribution in [0.1, 0.15) is 20.3 Å². The quantitative estimate of drug-likeness (QED) is 0.695. The highest BCUT2D eigenvalue weighted by Gasteiger charge is 2.25. The first kappa shape index (κ1) is 12.7. The van der Waals surface area contributed by atoms with Gasteiger partial charge in [0.2, 0.25) is 0 Å². The zero-order valence-electron chi connectivity index (χ0n) is 10.7. The highest BCUT2D eigenvalue weighted by atomic mass is 16.2. The van der Waals surface area contributed by atoms with Crippen molar-refractivity contribution >= 4 is 11.4 Å². The monoisotopic (exact) mass is 224 g/mol. The van der Waals surface area contributed by atoms with Crippen LogP contribution in [0.3, 0.4) is 0 Å². The molecule has 0 fully saturated rings. The summed E-state index contributed by atoms with van der Waals surface area (Å²) in [6.45, 7) is 5.09. The van der Waals surface area contributed by atoms with Crippen LogP contribution in [-0.4, -0.2) is 27.7 Å². The molecule has 0 radical (unpaired) electrons. The van der Waals surface area contributed by atoms with Crippen LogP contribution < -0.4 is 20.7 Å². The van der Waals surface area contributed by atoms with E-state index in [2.05, 4.69) is 13.8 Å². The molecule has 0 bridgehead atoms. The van der Waals surface area contributed by atoms with Gasteiger partial charge in [-0.15, -0.1) is 0 Å². The Balaban J connectivity index is 2.84. The van der Waals surface area contributed by atoms with Crippen molar-refractivity contribution in [1.29, 1.82) is 0 Å². The molecule has 0 aliphatic heterocycles. The zero-order valence-corrected chi connectivity index (χ0v) is 10.7. The standard InChI is InChI=1S/C12H20N2O2/c1-8(2)6-7-14(5)10-9(13(3)4)11(15)12(10)16/h8H,6-7H2,1-5H3. The third-order valence-corrected chi connectivity index (χ3v) is 2.73. The molecule has 0 aromatic heterocycles. The van der Waals surface area contributed by atoms with Crippen LogP contribution in [0.2, 0.25) is 0 Å². The molecule has 0 unspecified atom stereocenters. The largest absolute Gasteiger partial charge is 0.373 e. The summed E-state index contributed by atoms with van der Waals surface area (Å²) in [6.07, 6.45) is 1.02. The van der Waals surface area contributed by atoms with Crippen molar-refractivity contribution in [3.63, 3.8) is 0 Å². The number of rotatable bonds is 5. The fraction of sp³-hybridized carbons (Fsp3) is 0.667. The van der Waals surface area contributed by atoms with Crippen LogP contribution in [0.25, 0.3) is 0 Å². The predicted octanol–water partition coefficient (Wildman–Crippen LogP) is 0.831. The molecule has 0 saturated heterocycles. The van der Waals surface area contributed by atoms with Crippen LogP contribution in [-0.2, 0) is 0 Å². The van der Waals surface area contributed by atoms with Gasteiger partial charge in [0.05, 0.1) is 0 Å². The van der Waals surface area contributed by atoms with Crippen molar-refractivity contribution in [1.82, 2.24) is 0 Å². The molecule has 0 spiro atoms. The van der Waals surface area contributed by atoms with E-state index in [1.165, 1.54) is 0 Å². The Morgan fingerprint density at radius 2 is 1.50 bits per heavy atom. The summed E-state index contributed by atoms with van der Waals surface area (Å²) in [5.74, 6) is 0.594. The summed E-state index contributed by atoms with van der Waals surface area (Å²) in [4.78, 5) is 26.5. The van der Waals surface area contributed by atoms with Crippen LogP contribution in [0.15, 0.2) is 9.59 Å². The lowest BCUT2D eigenvalue weighted by atomic mass is 10.1. The van der Waals surface area contributed by atoms with E-state index in [0.717, 1.165) is 13.0 Å². The molecule has 4 heteroatoms. The maximum Gasteiger partial charge on any atom is 0.253 e. The lowest BCUT2D eigenvalue weighted by Gasteiger charge is -2.26. The highest BCUT2D eigenvalue weighted by Crippen LogP contribution is 2.21. The number of hydrogen-bond acceptors (Lipinski definition) is 4. The second-order valence-electron chi connectivity index (χ2n) is 4.85. The van der Waals surface area contributed by atoms with Gasteiger partial charge in [-0.05, 0) is 12.3 Å². The minimum Gasteiger partial charge on any atom is -0.373 e. The predicted molar refractivity (Wildman–Crippen MR) is 68.4 cm³/mol. The first-order valence-electron chi connectivity index (χ1n) is 5.58.